The van der Waals surface area contributed by atoms with Gasteiger partial charge in [-0.15, -0.1) is 0 Å². The molecule has 0 radical (unpaired) electrons. The molecule has 1 nitrogen and oxygen atoms in total. The number of halogens is 3. The molecule has 0 aliphatic heterocycles. The Bertz CT molecular complexity index is 256. The van der Waals surface area contributed by atoms with Gasteiger partial charge in [0.1, 0.15) is 0 Å². The first kappa shape index (κ1) is 14.2. The molecule has 1 spiro atoms. The molecule has 106 valence electrons. The lowest BCUT2D eigenvalue weighted by Crippen LogP contribution is -2.54. The van der Waals surface area contributed by atoms with Gasteiger partial charge < -0.3 is 5.32 Å². The molecule has 2 rings (SSSR count). The van der Waals surface area contributed by atoms with E-state index in [9.17, 15) is 13.2 Å². The van der Waals surface area contributed by atoms with Crippen LogP contribution in [0.25, 0.3) is 0 Å². The zero-order valence-corrected chi connectivity index (χ0v) is 11.0. The van der Waals surface area contributed by atoms with Crippen molar-refractivity contribution in [2.75, 3.05) is 6.54 Å². The summed E-state index contributed by atoms with van der Waals surface area (Å²) in [6.07, 6.45) is 5.53. The largest absolute Gasteiger partial charge is 0.389 e. The van der Waals surface area contributed by atoms with Crippen molar-refractivity contribution in [3.63, 3.8) is 0 Å². The molecule has 1 atom stereocenters. The number of hydrogen-bond donors (Lipinski definition) is 1. The second-order valence-corrected chi connectivity index (χ2v) is 6.04. The first-order valence-corrected chi connectivity index (χ1v) is 7.32. The summed E-state index contributed by atoms with van der Waals surface area (Å²) in [5.74, 6) is 0. The highest BCUT2D eigenvalue weighted by atomic mass is 19.4. The summed E-state index contributed by atoms with van der Waals surface area (Å²) in [6.45, 7) is 0.752. The maximum absolute atomic E-state index is 12.0. The Morgan fingerprint density at radius 1 is 1.00 bits per heavy atom. The Morgan fingerprint density at radius 2 is 1.72 bits per heavy atom. The van der Waals surface area contributed by atoms with Crippen LogP contribution in [0.2, 0.25) is 0 Å². The van der Waals surface area contributed by atoms with Gasteiger partial charge in [-0.25, -0.2) is 0 Å². The van der Waals surface area contributed by atoms with Gasteiger partial charge in [0.2, 0.25) is 0 Å². The first-order chi connectivity index (χ1) is 8.52. The van der Waals surface area contributed by atoms with Crippen molar-refractivity contribution in [1.29, 1.82) is 0 Å². The van der Waals surface area contributed by atoms with Crippen molar-refractivity contribution >= 4 is 0 Å². The normalized spacial score (nSPS) is 27.2. The highest BCUT2D eigenvalue weighted by Gasteiger charge is 2.46. The predicted molar refractivity (Wildman–Crippen MR) is 66.4 cm³/mol. The lowest BCUT2D eigenvalue weighted by Gasteiger charge is -2.52. The number of alkyl halides is 3. The van der Waals surface area contributed by atoms with Crippen molar-refractivity contribution in [1.82, 2.24) is 5.32 Å². The molecule has 0 saturated heterocycles. The molecule has 1 unspecified atom stereocenters. The molecule has 0 aromatic carbocycles. The molecule has 1 N–H and O–H groups in total. The zero-order valence-electron chi connectivity index (χ0n) is 11.0. The quantitative estimate of drug-likeness (QED) is 0.724. The molecule has 0 heterocycles. The Labute approximate surface area is 108 Å². The minimum absolute atomic E-state index is 0.260. The summed E-state index contributed by atoms with van der Waals surface area (Å²) in [4.78, 5) is 0. The van der Waals surface area contributed by atoms with E-state index in [1.807, 2.05) is 0 Å². The average Bonchev–Trinajstić information content (AvgIpc) is 2.32. The van der Waals surface area contributed by atoms with Crippen LogP contribution in [0.5, 0.6) is 0 Å². The van der Waals surface area contributed by atoms with Gasteiger partial charge in [-0.05, 0) is 50.5 Å². The lowest BCUT2D eigenvalue weighted by molar-refractivity contribution is -0.135. The molecule has 2 fully saturated rings. The summed E-state index contributed by atoms with van der Waals surface area (Å²) in [5.41, 5.74) is 0.516. The molecule has 18 heavy (non-hydrogen) atoms. The average molecular weight is 263 g/mol. The smallest absolute Gasteiger partial charge is 0.313 e. The topological polar surface area (TPSA) is 12.0 Å². The van der Waals surface area contributed by atoms with E-state index in [0.29, 0.717) is 17.9 Å². The third-order valence-corrected chi connectivity index (χ3v) is 4.80. The van der Waals surface area contributed by atoms with Crippen molar-refractivity contribution in [2.24, 2.45) is 5.41 Å². The van der Waals surface area contributed by atoms with Gasteiger partial charge in [-0.3, -0.25) is 0 Å². The minimum Gasteiger partial charge on any atom is -0.313 e. The van der Waals surface area contributed by atoms with Gasteiger partial charge in [0.05, 0.1) is 0 Å². The number of rotatable bonds is 5. The van der Waals surface area contributed by atoms with E-state index >= 15 is 0 Å². The maximum atomic E-state index is 12.0. The van der Waals surface area contributed by atoms with Crippen molar-refractivity contribution in [3.05, 3.63) is 0 Å². The molecule has 0 bridgehead atoms. The first-order valence-electron chi connectivity index (χ1n) is 7.32. The maximum Gasteiger partial charge on any atom is 0.389 e. The minimum atomic E-state index is -3.99. The second kappa shape index (κ2) is 5.81. The van der Waals surface area contributed by atoms with Crippen LogP contribution in [0.15, 0.2) is 0 Å². The molecule has 2 aliphatic carbocycles. The number of hydrogen-bond acceptors (Lipinski definition) is 1. The van der Waals surface area contributed by atoms with E-state index in [2.05, 4.69) is 5.32 Å². The monoisotopic (exact) mass is 263 g/mol. The summed E-state index contributed by atoms with van der Waals surface area (Å²) >= 11 is 0. The molecule has 0 aromatic heterocycles. The Balaban J connectivity index is 1.59. The molecule has 2 aliphatic rings. The number of nitrogens with one attached hydrogen (secondary N) is 1. The standard InChI is InChI=1S/C14H24F3N/c15-14(16,17)9-4-5-11-18-12-6-10-13(12)7-2-1-3-8-13/h12,18H,1-11H2. The van der Waals surface area contributed by atoms with Gasteiger partial charge in [0.15, 0.2) is 0 Å². The molecular formula is C14H24F3N. The molecule has 4 heteroatoms. The van der Waals surface area contributed by atoms with Gasteiger partial charge in [-0.1, -0.05) is 19.3 Å². The van der Waals surface area contributed by atoms with Crippen molar-refractivity contribution in [3.8, 4) is 0 Å². The van der Waals surface area contributed by atoms with E-state index in [0.717, 1.165) is 6.54 Å². The van der Waals surface area contributed by atoms with Gasteiger partial charge >= 0.3 is 6.18 Å². The molecule has 0 amide bonds. The summed E-state index contributed by atoms with van der Waals surface area (Å²) in [7, 11) is 0. The van der Waals surface area contributed by atoms with E-state index < -0.39 is 12.6 Å². The zero-order chi connectivity index (χ0) is 13.1. The third-order valence-electron chi connectivity index (χ3n) is 4.80. The molecule has 2 saturated carbocycles. The van der Waals surface area contributed by atoms with Crippen molar-refractivity contribution in [2.45, 2.75) is 76.4 Å². The number of unbranched alkanes of at least 4 members (excludes halogenated alkanes) is 1. The van der Waals surface area contributed by atoms with E-state index in [-0.39, 0.29) is 6.42 Å². The molecular weight excluding hydrogens is 239 g/mol. The summed E-state index contributed by atoms with van der Waals surface area (Å²) < 4.78 is 36.0. The SMILES string of the molecule is FC(F)(F)CCCCNC1CCC12CCCCC2. The fourth-order valence-electron chi connectivity index (χ4n) is 3.60. The highest BCUT2D eigenvalue weighted by molar-refractivity contribution is 5.01. The van der Waals surface area contributed by atoms with Crippen LogP contribution in [0.4, 0.5) is 13.2 Å². The second-order valence-electron chi connectivity index (χ2n) is 6.04. The predicted octanol–water partition coefficient (Wildman–Crippen LogP) is 4.42. The van der Waals surface area contributed by atoms with Crippen LogP contribution in [-0.4, -0.2) is 18.8 Å². The Hall–Kier alpha value is -0.250. The van der Waals surface area contributed by atoms with Crippen LogP contribution < -0.4 is 5.32 Å². The lowest BCUT2D eigenvalue weighted by atomic mass is 9.57. The van der Waals surface area contributed by atoms with Gasteiger partial charge in [0.25, 0.3) is 0 Å². The Morgan fingerprint density at radius 3 is 2.28 bits per heavy atom. The van der Waals surface area contributed by atoms with Gasteiger partial charge in [-0.2, -0.15) is 13.2 Å². The summed E-state index contributed by atoms with van der Waals surface area (Å²) in [6, 6.07) is 0.587. The van der Waals surface area contributed by atoms with Crippen LogP contribution in [0.1, 0.15) is 64.2 Å². The molecule has 0 aromatic rings. The fraction of sp³-hybridized carbons (Fsp3) is 1.00. The van der Waals surface area contributed by atoms with Crippen LogP contribution >= 0.6 is 0 Å². The van der Waals surface area contributed by atoms with Crippen molar-refractivity contribution < 1.29 is 13.2 Å². The highest BCUT2D eigenvalue weighted by Crippen LogP contribution is 2.51. The van der Waals surface area contributed by atoms with Crippen LogP contribution in [0, 0.1) is 5.41 Å². The van der Waals surface area contributed by atoms with E-state index in [1.54, 1.807) is 0 Å². The van der Waals surface area contributed by atoms with Gasteiger partial charge in [0, 0.05) is 12.5 Å². The van der Waals surface area contributed by atoms with Crippen LogP contribution in [0.3, 0.4) is 0 Å². The fourth-order valence-corrected chi connectivity index (χ4v) is 3.60. The Kier molecular flexibility index (Phi) is 4.57. The van der Waals surface area contributed by atoms with E-state index in [1.165, 1.54) is 44.9 Å². The summed E-state index contributed by atoms with van der Waals surface area (Å²) in [5, 5.41) is 3.50. The van der Waals surface area contributed by atoms with Crippen LogP contribution in [-0.2, 0) is 0 Å². The van der Waals surface area contributed by atoms with E-state index in [4.69, 9.17) is 0 Å². The third kappa shape index (κ3) is 3.62.